The molecule has 0 bridgehead atoms. The largest absolute Gasteiger partial charge is 0.393 e. The number of fused-ring (bicyclic) bond motifs is 1. The molecule has 1 aromatic rings. The van der Waals surface area contributed by atoms with Gasteiger partial charge in [-0.1, -0.05) is 0 Å². The third-order valence-corrected chi connectivity index (χ3v) is 6.16. The van der Waals surface area contributed by atoms with Crippen molar-refractivity contribution in [3.8, 4) is 0 Å². The summed E-state index contributed by atoms with van der Waals surface area (Å²) in [6, 6.07) is 2.06. The Hall–Kier alpha value is -0.520. The van der Waals surface area contributed by atoms with Crippen molar-refractivity contribution in [1.29, 1.82) is 0 Å². The van der Waals surface area contributed by atoms with Crippen molar-refractivity contribution in [2.24, 2.45) is 5.92 Å². The highest BCUT2D eigenvalue weighted by molar-refractivity contribution is 7.98. The Morgan fingerprint density at radius 2 is 2.37 bits per heavy atom. The number of carbonyl (C=O) groups excluding carboxylic acids is 1. The van der Waals surface area contributed by atoms with Crippen molar-refractivity contribution in [2.75, 3.05) is 12.3 Å². The quantitative estimate of drug-likeness (QED) is 0.901. The average Bonchev–Trinajstić information content (AvgIpc) is 3.01. The third kappa shape index (κ3) is 3.15. The van der Waals surface area contributed by atoms with E-state index in [0.29, 0.717) is 12.5 Å². The summed E-state index contributed by atoms with van der Waals surface area (Å²) in [5.74, 6) is 2.73. The Kier molecular flexibility index (Phi) is 4.15. The number of nitrogens with one attached hydrogen (secondary N) is 1. The Bertz CT molecular complexity index is 449. The fraction of sp³-hybridized carbons (Fsp3) is 0.643. The van der Waals surface area contributed by atoms with Gasteiger partial charge in [0.2, 0.25) is 0 Å². The van der Waals surface area contributed by atoms with Crippen molar-refractivity contribution in [2.45, 2.75) is 37.5 Å². The molecule has 0 saturated heterocycles. The van der Waals surface area contributed by atoms with Crippen molar-refractivity contribution in [3.63, 3.8) is 0 Å². The SMILES string of the molecule is O=C(NCC1CCC(O)C1)c1cc2c(s1)CCSC2. The number of aliphatic hydroxyl groups is 1. The number of rotatable bonds is 3. The number of amides is 1. The predicted molar refractivity (Wildman–Crippen MR) is 79.9 cm³/mol. The molecule has 1 aliphatic carbocycles. The maximum Gasteiger partial charge on any atom is 0.261 e. The van der Waals surface area contributed by atoms with Crippen LogP contribution in [0.2, 0.25) is 0 Å². The number of aliphatic hydroxyl groups excluding tert-OH is 1. The molecule has 2 heterocycles. The smallest absolute Gasteiger partial charge is 0.261 e. The average molecular weight is 297 g/mol. The fourth-order valence-corrected chi connectivity index (χ4v) is 5.11. The number of hydrogen-bond acceptors (Lipinski definition) is 4. The molecule has 1 aromatic heterocycles. The number of carbonyl (C=O) groups is 1. The zero-order chi connectivity index (χ0) is 13.2. The maximum absolute atomic E-state index is 12.1. The Labute approximate surface area is 121 Å². The molecule has 0 aromatic carbocycles. The monoisotopic (exact) mass is 297 g/mol. The van der Waals surface area contributed by atoms with Gasteiger partial charge in [0, 0.05) is 17.2 Å². The van der Waals surface area contributed by atoms with Crippen LogP contribution in [0.15, 0.2) is 6.07 Å². The topological polar surface area (TPSA) is 49.3 Å². The third-order valence-electron chi connectivity index (χ3n) is 3.92. The van der Waals surface area contributed by atoms with E-state index < -0.39 is 0 Å². The van der Waals surface area contributed by atoms with Gasteiger partial charge in [0.15, 0.2) is 0 Å². The lowest BCUT2D eigenvalue weighted by Crippen LogP contribution is -2.28. The highest BCUT2D eigenvalue weighted by Crippen LogP contribution is 2.31. The van der Waals surface area contributed by atoms with Crippen LogP contribution >= 0.6 is 23.1 Å². The predicted octanol–water partition coefficient (Wildman–Crippen LogP) is 2.43. The minimum Gasteiger partial charge on any atom is -0.393 e. The van der Waals surface area contributed by atoms with Crippen LogP contribution in [-0.2, 0) is 12.2 Å². The van der Waals surface area contributed by atoms with Gasteiger partial charge in [-0.15, -0.1) is 11.3 Å². The van der Waals surface area contributed by atoms with Crippen molar-refractivity contribution < 1.29 is 9.90 Å². The van der Waals surface area contributed by atoms with Crippen molar-refractivity contribution in [1.82, 2.24) is 5.32 Å². The maximum atomic E-state index is 12.1. The molecule has 5 heteroatoms. The molecule has 3 nitrogen and oxygen atoms in total. The highest BCUT2D eigenvalue weighted by Gasteiger charge is 2.24. The highest BCUT2D eigenvalue weighted by atomic mass is 32.2. The lowest BCUT2D eigenvalue weighted by molar-refractivity contribution is 0.0949. The normalized spacial score (nSPS) is 26.2. The lowest BCUT2D eigenvalue weighted by atomic mass is 10.1. The van der Waals surface area contributed by atoms with E-state index in [1.807, 2.05) is 11.8 Å². The standard InChI is InChI=1S/C14H19NO2S2/c16-11-2-1-9(5-11)7-15-14(17)13-6-10-8-18-4-3-12(10)19-13/h6,9,11,16H,1-5,7-8H2,(H,15,17). The number of hydrogen-bond donors (Lipinski definition) is 2. The Balaban J connectivity index is 1.56. The van der Waals surface area contributed by atoms with E-state index >= 15 is 0 Å². The van der Waals surface area contributed by atoms with Gasteiger partial charge in [-0.2, -0.15) is 11.8 Å². The second-order valence-corrected chi connectivity index (χ2v) is 7.65. The van der Waals surface area contributed by atoms with E-state index in [1.54, 1.807) is 11.3 Å². The molecular weight excluding hydrogens is 278 g/mol. The minimum absolute atomic E-state index is 0.0609. The summed E-state index contributed by atoms with van der Waals surface area (Å²) in [5, 5.41) is 12.5. The molecule has 1 amide bonds. The summed E-state index contributed by atoms with van der Waals surface area (Å²) in [6.07, 6.45) is 3.68. The van der Waals surface area contributed by atoms with Crippen LogP contribution in [0.1, 0.15) is 39.4 Å². The zero-order valence-electron chi connectivity index (χ0n) is 10.9. The summed E-state index contributed by atoms with van der Waals surface area (Å²) < 4.78 is 0. The van der Waals surface area contributed by atoms with E-state index in [9.17, 15) is 9.90 Å². The van der Waals surface area contributed by atoms with Crippen LogP contribution < -0.4 is 5.32 Å². The van der Waals surface area contributed by atoms with E-state index in [4.69, 9.17) is 0 Å². The molecule has 2 aliphatic rings. The van der Waals surface area contributed by atoms with E-state index in [1.165, 1.54) is 16.2 Å². The van der Waals surface area contributed by atoms with Crippen LogP contribution in [-0.4, -0.2) is 29.4 Å². The van der Waals surface area contributed by atoms with E-state index in [-0.39, 0.29) is 12.0 Å². The van der Waals surface area contributed by atoms with Gasteiger partial charge in [0.05, 0.1) is 11.0 Å². The summed E-state index contributed by atoms with van der Waals surface area (Å²) >= 11 is 3.60. The van der Waals surface area contributed by atoms with Gasteiger partial charge in [-0.3, -0.25) is 4.79 Å². The first kappa shape index (κ1) is 13.5. The molecule has 0 radical (unpaired) electrons. The first-order valence-electron chi connectivity index (χ1n) is 6.88. The van der Waals surface area contributed by atoms with Gasteiger partial charge in [-0.25, -0.2) is 0 Å². The Morgan fingerprint density at radius 1 is 1.47 bits per heavy atom. The molecule has 2 unspecified atom stereocenters. The summed E-state index contributed by atoms with van der Waals surface area (Å²) in [6.45, 7) is 0.702. The number of thioether (sulfide) groups is 1. The Morgan fingerprint density at radius 3 is 3.11 bits per heavy atom. The van der Waals surface area contributed by atoms with E-state index in [0.717, 1.165) is 36.3 Å². The fourth-order valence-electron chi connectivity index (χ4n) is 2.82. The van der Waals surface area contributed by atoms with Gasteiger partial charge < -0.3 is 10.4 Å². The van der Waals surface area contributed by atoms with Gasteiger partial charge in [0.25, 0.3) is 5.91 Å². The van der Waals surface area contributed by atoms with Crippen LogP contribution in [0.25, 0.3) is 0 Å². The number of aryl methyl sites for hydroxylation is 1. The van der Waals surface area contributed by atoms with Crippen molar-refractivity contribution >= 4 is 29.0 Å². The molecule has 3 rings (SSSR count). The van der Waals surface area contributed by atoms with Crippen LogP contribution in [0, 0.1) is 5.92 Å². The van der Waals surface area contributed by atoms with E-state index in [2.05, 4.69) is 11.4 Å². The first-order valence-corrected chi connectivity index (χ1v) is 8.85. The molecule has 2 N–H and O–H groups in total. The van der Waals surface area contributed by atoms with Gasteiger partial charge >= 0.3 is 0 Å². The second-order valence-electron chi connectivity index (χ2n) is 5.40. The van der Waals surface area contributed by atoms with Gasteiger partial charge in [0.1, 0.15) is 0 Å². The molecule has 1 fully saturated rings. The molecule has 2 atom stereocenters. The van der Waals surface area contributed by atoms with Crippen LogP contribution in [0.4, 0.5) is 0 Å². The molecule has 1 aliphatic heterocycles. The number of thiophene rings is 1. The van der Waals surface area contributed by atoms with Gasteiger partial charge in [-0.05, 0) is 49.0 Å². The molecule has 1 saturated carbocycles. The zero-order valence-corrected chi connectivity index (χ0v) is 12.5. The second kappa shape index (κ2) is 5.85. The molecule has 104 valence electrons. The summed E-state index contributed by atoms with van der Waals surface area (Å²) in [7, 11) is 0. The van der Waals surface area contributed by atoms with Crippen molar-refractivity contribution in [3.05, 3.63) is 21.4 Å². The summed E-state index contributed by atoms with van der Waals surface area (Å²) in [4.78, 5) is 14.4. The molecule has 19 heavy (non-hydrogen) atoms. The van der Waals surface area contributed by atoms with Crippen LogP contribution in [0.5, 0.6) is 0 Å². The molecular formula is C14H19NO2S2. The summed E-state index contributed by atoms with van der Waals surface area (Å²) in [5.41, 5.74) is 1.35. The lowest BCUT2D eigenvalue weighted by Gasteiger charge is -2.09. The minimum atomic E-state index is -0.159. The molecule has 0 spiro atoms. The first-order chi connectivity index (χ1) is 9.22. The van der Waals surface area contributed by atoms with Crippen LogP contribution in [0.3, 0.4) is 0 Å².